The lowest BCUT2D eigenvalue weighted by Gasteiger charge is -2.13. The van der Waals surface area contributed by atoms with Crippen LogP contribution in [0.2, 0.25) is 0 Å². The summed E-state index contributed by atoms with van der Waals surface area (Å²) in [4.78, 5) is 23.5. The largest absolute Gasteiger partial charge is 0.573 e. The van der Waals surface area contributed by atoms with Gasteiger partial charge in [0.2, 0.25) is 5.75 Å². The van der Waals surface area contributed by atoms with E-state index in [1.54, 1.807) is 0 Å². The third-order valence-corrected chi connectivity index (χ3v) is 3.86. The SMILES string of the molecule is C=C(C)C(=O)Oc1ccc2c(c1)oc1c(OC(F)(F)F)c(OC(=O)C(=C)C)ccc12. The van der Waals surface area contributed by atoms with Crippen molar-refractivity contribution in [3.63, 3.8) is 0 Å². The lowest BCUT2D eigenvalue weighted by molar-refractivity contribution is -0.274. The van der Waals surface area contributed by atoms with Crippen molar-refractivity contribution in [3.8, 4) is 17.2 Å². The molecular formula is C21H15F3O6. The zero-order valence-electron chi connectivity index (χ0n) is 15.9. The highest BCUT2D eigenvalue weighted by molar-refractivity contribution is 6.08. The highest BCUT2D eigenvalue weighted by Crippen LogP contribution is 2.43. The number of fused-ring (bicyclic) bond motifs is 3. The minimum absolute atomic E-state index is 0.0124. The Balaban J connectivity index is 2.16. The van der Waals surface area contributed by atoms with E-state index in [2.05, 4.69) is 17.9 Å². The molecule has 0 saturated carbocycles. The quantitative estimate of drug-likeness (QED) is 0.311. The van der Waals surface area contributed by atoms with Crippen molar-refractivity contribution in [1.82, 2.24) is 0 Å². The first kappa shape index (κ1) is 21.0. The van der Waals surface area contributed by atoms with E-state index >= 15 is 0 Å². The Kier molecular flexibility index (Phi) is 5.30. The topological polar surface area (TPSA) is 75.0 Å². The van der Waals surface area contributed by atoms with Crippen molar-refractivity contribution >= 4 is 33.9 Å². The number of furan rings is 1. The molecule has 2 aromatic carbocycles. The summed E-state index contributed by atoms with van der Waals surface area (Å²) < 4.78 is 58.7. The van der Waals surface area contributed by atoms with Crippen molar-refractivity contribution in [2.75, 3.05) is 0 Å². The Morgan fingerprint density at radius 3 is 2.13 bits per heavy atom. The summed E-state index contributed by atoms with van der Waals surface area (Å²) in [6.07, 6.45) is -5.07. The number of carbonyl (C=O) groups is 2. The average Bonchev–Trinajstić information content (AvgIpc) is 3.00. The van der Waals surface area contributed by atoms with Crippen LogP contribution in [0.4, 0.5) is 13.2 Å². The van der Waals surface area contributed by atoms with Crippen molar-refractivity contribution in [2.45, 2.75) is 20.2 Å². The predicted molar refractivity (Wildman–Crippen MR) is 101 cm³/mol. The van der Waals surface area contributed by atoms with E-state index in [0.29, 0.717) is 5.39 Å². The smallest absolute Gasteiger partial charge is 0.452 e. The van der Waals surface area contributed by atoms with Gasteiger partial charge < -0.3 is 18.6 Å². The molecule has 9 heteroatoms. The molecule has 0 aliphatic rings. The Labute approximate surface area is 168 Å². The fourth-order valence-corrected chi connectivity index (χ4v) is 2.51. The monoisotopic (exact) mass is 420 g/mol. The van der Waals surface area contributed by atoms with Crippen LogP contribution in [0.5, 0.6) is 17.2 Å². The molecule has 0 aliphatic carbocycles. The van der Waals surface area contributed by atoms with Gasteiger partial charge in [0.1, 0.15) is 11.3 Å². The molecule has 0 aliphatic heterocycles. The van der Waals surface area contributed by atoms with Crippen LogP contribution in [0.25, 0.3) is 21.9 Å². The maximum atomic E-state index is 13.0. The van der Waals surface area contributed by atoms with Gasteiger partial charge in [-0.05, 0) is 38.1 Å². The number of ether oxygens (including phenoxy) is 3. The summed E-state index contributed by atoms with van der Waals surface area (Å²) >= 11 is 0. The zero-order valence-corrected chi connectivity index (χ0v) is 15.9. The van der Waals surface area contributed by atoms with E-state index < -0.39 is 29.8 Å². The number of alkyl halides is 3. The molecule has 0 radical (unpaired) electrons. The number of esters is 2. The molecule has 1 aromatic heterocycles. The Morgan fingerprint density at radius 2 is 1.53 bits per heavy atom. The molecule has 0 spiro atoms. The standard InChI is InChI=1S/C21H15F3O6/c1-10(2)19(25)27-12-5-6-13-14-7-8-15(29-20(26)11(3)4)18(30-21(22,23)24)17(14)28-16(13)9-12/h5-9H,1,3H2,2,4H3. The van der Waals surface area contributed by atoms with Gasteiger partial charge in [-0.2, -0.15) is 0 Å². The third kappa shape index (κ3) is 4.29. The van der Waals surface area contributed by atoms with Crippen LogP contribution >= 0.6 is 0 Å². The first-order valence-electron chi connectivity index (χ1n) is 8.46. The molecule has 0 atom stereocenters. The molecule has 30 heavy (non-hydrogen) atoms. The van der Waals surface area contributed by atoms with Crippen LogP contribution in [-0.4, -0.2) is 18.3 Å². The number of benzene rings is 2. The van der Waals surface area contributed by atoms with Gasteiger partial charge in [0.05, 0.1) is 0 Å². The summed E-state index contributed by atoms with van der Waals surface area (Å²) in [6.45, 7) is 9.68. The van der Waals surface area contributed by atoms with Gasteiger partial charge in [-0.3, -0.25) is 0 Å². The van der Waals surface area contributed by atoms with Crippen molar-refractivity contribution in [3.05, 3.63) is 54.6 Å². The summed E-state index contributed by atoms with van der Waals surface area (Å²) in [5.74, 6) is -2.78. The van der Waals surface area contributed by atoms with E-state index in [9.17, 15) is 22.8 Å². The molecule has 3 aromatic rings. The molecule has 6 nitrogen and oxygen atoms in total. The summed E-state index contributed by atoms with van der Waals surface area (Å²) in [5, 5.41) is 0.710. The summed E-state index contributed by atoms with van der Waals surface area (Å²) in [7, 11) is 0. The van der Waals surface area contributed by atoms with Crippen LogP contribution in [0.3, 0.4) is 0 Å². The Morgan fingerprint density at radius 1 is 0.933 bits per heavy atom. The second-order valence-electron chi connectivity index (χ2n) is 6.42. The van der Waals surface area contributed by atoms with E-state index in [1.807, 2.05) is 0 Å². The minimum Gasteiger partial charge on any atom is -0.452 e. The maximum absolute atomic E-state index is 13.0. The van der Waals surface area contributed by atoms with Crippen molar-refractivity contribution < 1.29 is 41.4 Å². The molecule has 1 heterocycles. The summed E-state index contributed by atoms with van der Waals surface area (Å²) in [6, 6.07) is 6.89. The number of rotatable bonds is 5. The first-order chi connectivity index (χ1) is 14.0. The fraction of sp³-hybridized carbons (Fsp3) is 0.143. The molecule has 0 unspecified atom stereocenters. The number of hydrogen-bond donors (Lipinski definition) is 0. The van der Waals surface area contributed by atoms with Gasteiger partial charge in [-0.15, -0.1) is 13.2 Å². The number of halogens is 3. The number of hydrogen-bond acceptors (Lipinski definition) is 6. The Hall–Kier alpha value is -3.75. The highest BCUT2D eigenvalue weighted by atomic mass is 19.4. The second kappa shape index (κ2) is 7.58. The van der Waals surface area contributed by atoms with Crippen LogP contribution in [0.1, 0.15) is 13.8 Å². The summed E-state index contributed by atoms with van der Waals surface area (Å²) in [5.41, 5.74) is -0.00342. The maximum Gasteiger partial charge on any atom is 0.573 e. The van der Waals surface area contributed by atoms with Gasteiger partial charge in [0, 0.05) is 28.0 Å². The van der Waals surface area contributed by atoms with Crippen LogP contribution < -0.4 is 14.2 Å². The second-order valence-corrected chi connectivity index (χ2v) is 6.42. The first-order valence-corrected chi connectivity index (χ1v) is 8.46. The molecule has 0 bridgehead atoms. The molecule has 3 rings (SSSR count). The molecule has 0 saturated heterocycles. The molecule has 0 amide bonds. The lowest BCUT2D eigenvalue weighted by atomic mass is 10.1. The van der Waals surface area contributed by atoms with E-state index in [4.69, 9.17) is 13.9 Å². The lowest BCUT2D eigenvalue weighted by Crippen LogP contribution is -2.18. The van der Waals surface area contributed by atoms with E-state index in [1.165, 1.54) is 38.1 Å². The fourth-order valence-electron chi connectivity index (χ4n) is 2.51. The number of carbonyl (C=O) groups excluding carboxylic acids is 2. The normalized spacial score (nSPS) is 11.4. The zero-order chi connectivity index (χ0) is 22.2. The molecular weight excluding hydrogens is 405 g/mol. The molecule has 0 N–H and O–H groups in total. The molecule has 156 valence electrons. The van der Waals surface area contributed by atoms with Crippen LogP contribution in [0.15, 0.2) is 59.1 Å². The molecule has 0 fully saturated rings. The average molecular weight is 420 g/mol. The van der Waals surface area contributed by atoms with E-state index in [-0.39, 0.29) is 33.4 Å². The minimum atomic E-state index is -5.07. The van der Waals surface area contributed by atoms with Crippen LogP contribution in [-0.2, 0) is 9.59 Å². The van der Waals surface area contributed by atoms with Crippen molar-refractivity contribution in [1.29, 1.82) is 0 Å². The Bertz CT molecular complexity index is 1200. The van der Waals surface area contributed by atoms with E-state index in [0.717, 1.165) is 6.07 Å². The van der Waals surface area contributed by atoms with Gasteiger partial charge in [0.15, 0.2) is 11.3 Å². The van der Waals surface area contributed by atoms with Gasteiger partial charge in [0.25, 0.3) is 0 Å². The predicted octanol–water partition coefficient (Wildman–Crippen LogP) is 5.45. The highest BCUT2D eigenvalue weighted by Gasteiger charge is 2.35. The van der Waals surface area contributed by atoms with Gasteiger partial charge >= 0.3 is 18.3 Å². The van der Waals surface area contributed by atoms with Crippen molar-refractivity contribution in [2.24, 2.45) is 0 Å². The third-order valence-electron chi connectivity index (χ3n) is 3.86. The van der Waals surface area contributed by atoms with Gasteiger partial charge in [-0.25, -0.2) is 9.59 Å². The van der Waals surface area contributed by atoms with Gasteiger partial charge in [-0.1, -0.05) is 13.2 Å². The van der Waals surface area contributed by atoms with Crippen LogP contribution in [0, 0.1) is 0 Å².